The first-order valence-corrected chi connectivity index (χ1v) is 6.45. The van der Waals surface area contributed by atoms with Gasteiger partial charge in [0.25, 0.3) is 5.91 Å². The zero-order chi connectivity index (χ0) is 14.5. The van der Waals surface area contributed by atoms with E-state index in [2.05, 4.69) is 5.32 Å². The van der Waals surface area contributed by atoms with Crippen molar-refractivity contribution in [3.8, 4) is 0 Å². The third-order valence-corrected chi connectivity index (χ3v) is 3.18. The molecule has 0 atom stereocenters. The molecule has 2 aromatic carbocycles. The first-order valence-electron chi connectivity index (χ1n) is 6.45. The van der Waals surface area contributed by atoms with Crippen molar-refractivity contribution in [1.29, 1.82) is 0 Å². The minimum Gasteiger partial charge on any atom is -0.399 e. The number of halogens is 1. The number of nitrogen functional groups attached to an aromatic ring is 1. The van der Waals surface area contributed by atoms with E-state index in [1.165, 1.54) is 23.3 Å². The Labute approximate surface area is 117 Å². The number of hydrogen-bond donors (Lipinski definition) is 2. The molecule has 0 fully saturated rings. The topological polar surface area (TPSA) is 55.1 Å². The van der Waals surface area contributed by atoms with E-state index < -0.39 is 11.7 Å². The van der Waals surface area contributed by atoms with E-state index in [1.54, 1.807) is 0 Å². The number of rotatable bonds is 4. The summed E-state index contributed by atoms with van der Waals surface area (Å²) in [7, 11) is 0. The molecule has 0 aliphatic heterocycles. The summed E-state index contributed by atoms with van der Waals surface area (Å²) >= 11 is 0. The molecule has 0 spiro atoms. The van der Waals surface area contributed by atoms with Gasteiger partial charge in [-0.1, -0.05) is 24.3 Å². The van der Waals surface area contributed by atoms with Crippen LogP contribution in [0.1, 0.15) is 21.5 Å². The summed E-state index contributed by atoms with van der Waals surface area (Å²) < 4.78 is 13.6. The molecule has 0 aliphatic carbocycles. The molecule has 4 heteroatoms. The number of aryl methyl sites for hydroxylation is 1. The van der Waals surface area contributed by atoms with Gasteiger partial charge in [-0.05, 0) is 42.7 Å². The fourth-order valence-corrected chi connectivity index (χ4v) is 2.01. The summed E-state index contributed by atoms with van der Waals surface area (Å²) in [5, 5.41) is 2.72. The molecule has 0 saturated carbocycles. The van der Waals surface area contributed by atoms with Gasteiger partial charge < -0.3 is 11.1 Å². The molecular formula is C16H17FN2O. The smallest absolute Gasteiger partial charge is 0.254 e. The maximum atomic E-state index is 13.6. The minimum atomic E-state index is -0.599. The molecular weight excluding hydrogens is 255 g/mol. The molecule has 104 valence electrons. The number of amides is 1. The molecule has 0 aliphatic rings. The molecule has 20 heavy (non-hydrogen) atoms. The molecule has 3 nitrogen and oxygen atoms in total. The van der Waals surface area contributed by atoms with E-state index in [0.717, 1.165) is 12.5 Å². The van der Waals surface area contributed by atoms with Gasteiger partial charge in [-0.25, -0.2) is 4.39 Å². The second-order valence-corrected chi connectivity index (χ2v) is 4.67. The molecule has 2 aromatic rings. The number of hydrogen-bond acceptors (Lipinski definition) is 2. The monoisotopic (exact) mass is 272 g/mol. The maximum absolute atomic E-state index is 13.6. The van der Waals surface area contributed by atoms with Crippen LogP contribution < -0.4 is 11.1 Å². The van der Waals surface area contributed by atoms with Crippen molar-refractivity contribution < 1.29 is 9.18 Å². The van der Waals surface area contributed by atoms with Gasteiger partial charge in [-0.3, -0.25) is 4.79 Å². The van der Waals surface area contributed by atoms with Crippen LogP contribution in [0, 0.1) is 12.7 Å². The van der Waals surface area contributed by atoms with Gasteiger partial charge in [0.15, 0.2) is 0 Å². The Bertz CT molecular complexity index is 626. The number of benzene rings is 2. The third-order valence-electron chi connectivity index (χ3n) is 3.18. The van der Waals surface area contributed by atoms with E-state index in [0.29, 0.717) is 12.2 Å². The quantitative estimate of drug-likeness (QED) is 0.841. The highest BCUT2D eigenvalue weighted by atomic mass is 19.1. The number of nitrogens with one attached hydrogen (secondary N) is 1. The van der Waals surface area contributed by atoms with E-state index in [9.17, 15) is 9.18 Å². The Kier molecular flexibility index (Phi) is 4.35. The fraction of sp³-hybridized carbons (Fsp3) is 0.188. The predicted octanol–water partition coefficient (Wildman–Crippen LogP) is 2.69. The first-order chi connectivity index (χ1) is 9.58. The van der Waals surface area contributed by atoms with Crippen LogP contribution in [0.15, 0.2) is 42.5 Å². The van der Waals surface area contributed by atoms with Crippen molar-refractivity contribution in [3.05, 3.63) is 65.0 Å². The molecule has 0 bridgehead atoms. The van der Waals surface area contributed by atoms with Crippen molar-refractivity contribution in [2.45, 2.75) is 13.3 Å². The Balaban J connectivity index is 1.94. The Morgan fingerprint density at radius 1 is 1.25 bits per heavy atom. The van der Waals surface area contributed by atoms with Gasteiger partial charge in [-0.2, -0.15) is 0 Å². The summed E-state index contributed by atoms with van der Waals surface area (Å²) in [4.78, 5) is 11.9. The van der Waals surface area contributed by atoms with Crippen molar-refractivity contribution >= 4 is 11.6 Å². The van der Waals surface area contributed by atoms with Crippen LogP contribution >= 0.6 is 0 Å². The highest BCUT2D eigenvalue weighted by Gasteiger charge is 2.11. The summed E-state index contributed by atoms with van der Waals surface area (Å²) in [6.45, 7) is 2.49. The zero-order valence-electron chi connectivity index (χ0n) is 11.3. The van der Waals surface area contributed by atoms with Crippen molar-refractivity contribution in [1.82, 2.24) is 5.32 Å². The van der Waals surface area contributed by atoms with Crippen LogP contribution in [0.5, 0.6) is 0 Å². The van der Waals surface area contributed by atoms with Crippen LogP contribution in [-0.2, 0) is 6.42 Å². The number of nitrogens with two attached hydrogens (primary N) is 1. The van der Waals surface area contributed by atoms with Gasteiger partial charge in [0.2, 0.25) is 0 Å². The van der Waals surface area contributed by atoms with Crippen LogP contribution in [0.3, 0.4) is 0 Å². The lowest BCUT2D eigenvalue weighted by Gasteiger charge is -2.08. The lowest BCUT2D eigenvalue weighted by Crippen LogP contribution is -2.26. The van der Waals surface area contributed by atoms with Gasteiger partial charge in [0.05, 0.1) is 5.56 Å². The number of anilines is 1. The van der Waals surface area contributed by atoms with E-state index in [-0.39, 0.29) is 5.56 Å². The predicted molar refractivity (Wildman–Crippen MR) is 78.0 cm³/mol. The standard InChI is InChI=1S/C16H17FN2O/c1-11-4-2-3-5-12(11)8-9-19-16(20)14-7-6-13(18)10-15(14)17/h2-7,10H,8-9,18H2,1H3,(H,19,20). The van der Waals surface area contributed by atoms with Gasteiger partial charge in [-0.15, -0.1) is 0 Å². The highest BCUT2D eigenvalue weighted by Crippen LogP contribution is 2.12. The summed E-state index contributed by atoms with van der Waals surface area (Å²) in [6.07, 6.45) is 0.717. The molecule has 1 amide bonds. The SMILES string of the molecule is Cc1ccccc1CCNC(=O)c1ccc(N)cc1F. The molecule has 0 radical (unpaired) electrons. The van der Waals surface area contributed by atoms with Gasteiger partial charge >= 0.3 is 0 Å². The highest BCUT2D eigenvalue weighted by molar-refractivity contribution is 5.94. The van der Waals surface area contributed by atoms with Crippen LogP contribution in [0.2, 0.25) is 0 Å². The first kappa shape index (κ1) is 14.1. The normalized spacial score (nSPS) is 10.3. The van der Waals surface area contributed by atoms with E-state index in [4.69, 9.17) is 5.73 Å². The molecule has 0 aromatic heterocycles. The Morgan fingerprint density at radius 3 is 2.70 bits per heavy atom. The number of carbonyl (C=O) groups is 1. The Morgan fingerprint density at radius 2 is 2.00 bits per heavy atom. The van der Waals surface area contributed by atoms with Crippen molar-refractivity contribution in [3.63, 3.8) is 0 Å². The largest absolute Gasteiger partial charge is 0.399 e. The lowest BCUT2D eigenvalue weighted by atomic mass is 10.1. The second kappa shape index (κ2) is 6.19. The fourth-order valence-electron chi connectivity index (χ4n) is 2.01. The number of carbonyl (C=O) groups excluding carboxylic acids is 1. The van der Waals surface area contributed by atoms with E-state index in [1.807, 2.05) is 31.2 Å². The minimum absolute atomic E-state index is 0.0176. The Hall–Kier alpha value is -2.36. The van der Waals surface area contributed by atoms with Crippen molar-refractivity contribution in [2.75, 3.05) is 12.3 Å². The van der Waals surface area contributed by atoms with Crippen molar-refractivity contribution in [2.24, 2.45) is 0 Å². The zero-order valence-corrected chi connectivity index (χ0v) is 11.3. The molecule has 2 rings (SSSR count). The molecule has 0 saturated heterocycles. The van der Waals surface area contributed by atoms with Gasteiger partial charge in [0, 0.05) is 12.2 Å². The summed E-state index contributed by atoms with van der Waals surface area (Å²) in [6, 6.07) is 12.0. The van der Waals surface area contributed by atoms with Crippen LogP contribution in [0.4, 0.5) is 10.1 Å². The maximum Gasteiger partial charge on any atom is 0.254 e. The molecule has 0 unspecified atom stereocenters. The third kappa shape index (κ3) is 3.35. The summed E-state index contributed by atoms with van der Waals surface area (Å²) in [5.41, 5.74) is 8.12. The summed E-state index contributed by atoms with van der Waals surface area (Å²) in [5.74, 6) is -1.02. The van der Waals surface area contributed by atoms with Crippen LogP contribution in [-0.4, -0.2) is 12.5 Å². The van der Waals surface area contributed by atoms with Gasteiger partial charge in [0.1, 0.15) is 5.82 Å². The average Bonchev–Trinajstić information content (AvgIpc) is 2.40. The van der Waals surface area contributed by atoms with E-state index >= 15 is 0 Å². The molecule has 0 heterocycles. The lowest BCUT2D eigenvalue weighted by molar-refractivity contribution is 0.0950. The average molecular weight is 272 g/mol. The van der Waals surface area contributed by atoms with Crippen LogP contribution in [0.25, 0.3) is 0 Å². The molecule has 3 N–H and O–H groups in total. The second-order valence-electron chi connectivity index (χ2n) is 4.67.